The monoisotopic (exact) mass is 387 g/mol. The number of aliphatic hydroxyl groups excluding tert-OH is 1. The van der Waals surface area contributed by atoms with Gasteiger partial charge in [-0.05, 0) is 42.5 Å². The second-order valence-electron chi connectivity index (χ2n) is 6.11. The molecule has 1 aromatic heterocycles. The zero-order valence-electron chi connectivity index (χ0n) is 14.9. The van der Waals surface area contributed by atoms with Gasteiger partial charge in [0.15, 0.2) is 5.76 Å². The van der Waals surface area contributed by atoms with E-state index in [4.69, 9.17) is 4.74 Å². The Labute approximate surface area is 161 Å². The average Bonchev–Trinajstić information content (AvgIpc) is 3.28. The Morgan fingerprint density at radius 3 is 2.59 bits per heavy atom. The SMILES string of the molecule is CCOCCCN1C(=O)C(O)=C(C(=O)c2cccs2)[C@H]1c1ccc(O)cc1. The van der Waals surface area contributed by atoms with Gasteiger partial charge >= 0.3 is 0 Å². The fourth-order valence-corrected chi connectivity index (χ4v) is 3.82. The molecular formula is C20H21NO5S. The highest BCUT2D eigenvalue weighted by atomic mass is 32.1. The second kappa shape index (κ2) is 8.37. The molecule has 1 atom stereocenters. The van der Waals surface area contributed by atoms with Crippen LogP contribution in [0.3, 0.4) is 0 Å². The lowest BCUT2D eigenvalue weighted by Crippen LogP contribution is -2.32. The van der Waals surface area contributed by atoms with Crippen LogP contribution in [0.2, 0.25) is 0 Å². The number of aromatic hydroxyl groups is 1. The van der Waals surface area contributed by atoms with E-state index in [2.05, 4.69) is 0 Å². The number of rotatable bonds is 8. The highest BCUT2D eigenvalue weighted by molar-refractivity contribution is 7.12. The maximum Gasteiger partial charge on any atom is 0.290 e. The van der Waals surface area contributed by atoms with Crippen molar-refractivity contribution in [2.45, 2.75) is 19.4 Å². The van der Waals surface area contributed by atoms with Gasteiger partial charge in [-0.25, -0.2) is 0 Å². The van der Waals surface area contributed by atoms with Crippen LogP contribution in [0.4, 0.5) is 0 Å². The van der Waals surface area contributed by atoms with Gasteiger partial charge in [-0.3, -0.25) is 9.59 Å². The third-order valence-corrected chi connectivity index (χ3v) is 5.26. The van der Waals surface area contributed by atoms with E-state index in [-0.39, 0.29) is 17.1 Å². The molecule has 0 saturated carbocycles. The van der Waals surface area contributed by atoms with Gasteiger partial charge in [0.1, 0.15) is 5.75 Å². The van der Waals surface area contributed by atoms with Gasteiger partial charge in [0, 0.05) is 19.8 Å². The molecule has 1 aliphatic rings. The van der Waals surface area contributed by atoms with Crippen LogP contribution < -0.4 is 0 Å². The number of hydrogen-bond acceptors (Lipinski definition) is 6. The van der Waals surface area contributed by atoms with E-state index in [9.17, 15) is 19.8 Å². The molecule has 142 valence electrons. The second-order valence-corrected chi connectivity index (χ2v) is 7.06. The summed E-state index contributed by atoms with van der Waals surface area (Å²) >= 11 is 1.26. The van der Waals surface area contributed by atoms with Crippen molar-refractivity contribution in [3.63, 3.8) is 0 Å². The zero-order valence-corrected chi connectivity index (χ0v) is 15.7. The Morgan fingerprint density at radius 1 is 1.22 bits per heavy atom. The quantitative estimate of drug-likeness (QED) is 0.535. The number of carbonyl (C=O) groups excluding carboxylic acids is 2. The van der Waals surface area contributed by atoms with Gasteiger partial charge in [0.05, 0.1) is 16.5 Å². The number of phenolic OH excluding ortho intramolecular Hbond substituents is 1. The lowest BCUT2D eigenvalue weighted by atomic mass is 9.95. The molecule has 0 saturated heterocycles. The summed E-state index contributed by atoms with van der Waals surface area (Å²) in [6.45, 7) is 3.31. The smallest absolute Gasteiger partial charge is 0.290 e. The Balaban J connectivity index is 1.96. The predicted octanol–water partition coefficient (Wildman–Crippen LogP) is 3.46. The summed E-state index contributed by atoms with van der Waals surface area (Å²) in [5.74, 6) is -1.35. The minimum Gasteiger partial charge on any atom is -0.508 e. The van der Waals surface area contributed by atoms with Crippen molar-refractivity contribution in [2.75, 3.05) is 19.8 Å². The lowest BCUT2D eigenvalue weighted by molar-refractivity contribution is -0.129. The standard InChI is InChI=1S/C20H21NO5S/c1-2-26-11-4-10-21-17(13-6-8-14(22)9-7-13)16(19(24)20(21)25)18(23)15-5-3-12-27-15/h3,5-9,12,17,22,24H,2,4,10-11H2,1H3/t17-/m1/s1. The van der Waals surface area contributed by atoms with Crippen LogP contribution in [0.25, 0.3) is 0 Å². The number of carbonyl (C=O) groups is 2. The first-order valence-corrected chi connectivity index (χ1v) is 9.61. The minimum atomic E-state index is -0.700. The van der Waals surface area contributed by atoms with Crippen molar-refractivity contribution in [2.24, 2.45) is 0 Å². The van der Waals surface area contributed by atoms with Gasteiger partial charge in [0.25, 0.3) is 5.91 Å². The van der Waals surface area contributed by atoms with E-state index in [1.54, 1.807) is 29.6 Å². The number of thiophene rings is 1. The Hall–Kier alpha value is -2.64. The number of hydrogen-bond donors (Lipinski definition) is 2. The molecule has 6 nitrogen and oxygen atoms in total. The summed E-state index contributed by atoms with van der Waals surface area (Å²) in [5.41, 5.74) is 0.728. The van der Waals surface area contributed by atoms with Crippen molar-refractivity contribution in [1.29, 1.82) is 0 Å². The van der Waals surface area contributed by atoms with Crippen molar-refractivity contribution in [3.05, 3.63) is 63.6 Å². The summed E-state index contributed by atoms with van der Waals surface area (Å²) in [4.78, 5) is 27.6. The fourth-order valence-electron chi connectivity index (χ4n) is 3.14. The van der Waals surface area contributed by atoms with E-state index in [0.29, 0.717) is 36.6 Å². The average molecular weight is 387 g/mol. The normalized spacial score (nSPS) is 17.0. The molecule has 1 aromatic carbocycles. The lowest BCUT2D eigenvalue weighted by Gasteiger charge is -2.26. The molecule has 1 amide bonds. The highest BCUT2D eigenvalue weighted by Gasteiger charge is 2.43. The van der Waals surface area contributed by atoms with E-state index < -0.39 is 17.7 Å². The number of phenols is 1. The molecule has 1 aliphatic heterocycles. The van der Waals surface area contributed by atoms with Crippen LogP contribution in [0.5, 0.6) is 5.75 Å². The molecule has 2 N–H and O–H groups in total. The maximum atomic E-state index is 13.0. The Bertz CT molecular complexity index is 842. The Morgan fingerprint density at radius 2 is 1.96 bits per heavy atom. The third kappa shape index (κ3) is 3.89. The van der Waals surface area contributed by atoms with Crippen molar-refractivity contribution < 1.29 is 24.5 Å². The molecule has 0 spiro atoms. The van der Waals surface area contributed by atoms with Crippen LogP contribution >= 0.6 is 11.3 Å². The summed E-state index contributed by atoms with van der Waals surface area (Å²) in [7, 11) is 0. The molecule has 2 heterocycles. The van der Waals surface area contributed by atoms with Gasteiger partial charge in [0.2, 0.25) is 5.78 Å². The molecule has 7 heteroatoms. The van der Waals surface area contributed by atoms with E-state index in [1.165, 1.54) is 28.4 Å². The van der Waals surface area contributed by atoms with Crippen molar-refractivity contribution >= 4 is 23.0 Å². The highest BCUT2D eigenvalue weighted by Crippen LogP contribution is 2.39. The van der Waals surface area contributed by atoms with E-state index >= 15 is 0 Å². The van der Waals surface area contributed by atoms with Gasteiger partial charge < -0.3 is 19.8 Å². The van der Waals surface area contributed by atoms with Crippen LogP contribution in [0.15, 0.2) is 53.1 Å². The van der Waals surface area contributed by atoms with Crippen LogP contribution in [-0.4, -0.2) is 46.6 Å². The number of amides is 1. The Kier molecular flexibility index (Phi) is 5.93. The first-order valence-electron chi connectivity index (χ1n) is 8.73. The van der Waals surface area contributed by atoms with Crippen molar-refractivity contribution in [1.82, 2.24) is 4.90 Å². The summed E-state index contributed by atoms with van der Waals surface area (Å²) < 4.78 is 5.33. The number of aliphatic hydroxyl groups is 1. The summed E-state index contributed by atoms with van der Waals surface area (Å²) in [6, 6.07) is 9.04. The van der Waals surface area contributed by atoms with E-state index in [0.717, 1.165) is 0 Å². The third-order valence-electron chi connectivity index (χ3n) is 4.39. The number of Topliss-reactive ketones (excluding diaryl/α,β-unsaturated/α-hetero) is 1. The van der Waals surface area contributed by atoms with E-state index in [1.807, 2.05) is 6.92 Å². The van der Waals surface area contributed by atoms with Crippen LogP contribution in [0, 0.1) is 0 Å². The number of benzene rings is 1. The molecule has 0 bridgehead atoms. The molecule has 3 rings (SSSR count). The largest absolute Gasteiger partial charge is 0.508 e. The first kappa shape index (κ1) is 19.1. The topological polar surface area (TPSA) is 87.1 Å². The van der Waals surface area contributed by atoms with Gasteiger partial charge in [-0.15, -0.1) is 11.3 Å². The van der Waals surface area contributed by atoms with Crippen molar-refractivity contribution in [3.8, 4) is 5.75 Å². The number of ketones is 1. The zero-order chi connectivity index (χ0) is 19.4. The molecule has 0 unspecified atom stereocenters. The van der Waals surface area contributed by atoms with Crippen LogP contribution in [-0.2, 0) is 9.53 Å². The minimum absolute atomic E-state index is 0.0737. The molecule has 0 fully saturated rings. The summed E-state index contributed by atoms with van der Waals surface area (Å²) in [5, 5.41) is 21.8. The number of nitrogens with zero attached hydrogens (tertiary/aromatic N) is 1. The van der Waals surface area contributed by atoms with Crippen LogP contribution in [0.1, 0.15) is 34.6 Å². The van der Waals surface area contributed by atoms with Gasteiger partial charge in [-0.1, -0.05) is 18.2 Å². The molecule has 0 radical (unpaired) electrons. The molecule has 0 aliphatic carbocycles. The fraction of sp³-hybridized carbons (Fsp3) is 0.300. The maximum absolute atomic E-state index is 13.0. The molecular weight excluding hydrogens is 366 g/mol. The molecule has 2 aromatic rings. The van der Waals surface area contributed by atoms with Gasteiger partial charge in [-0.2, -0.15) is 0 Å². The molecule has 27 heavy (non-hydrogen) atoms. The predicted molar refractivity (Wildman–Crippen MR) is 102 cm³/mol. The summed E-state index contributed by atoms with van der Waals surface area (Å²) in [6.07, 6.45) is 0.585. The number of ether oxygens (including phenoxy) is 1. The first-order chi connectivity index (χ1) is 13.0.